The zero-order chi connectivity index (χ0) is 13.2. The maximum atomic E-state index is 12.7. The summed E-state index contributed by atoms with van der Waals surface area (Å²) in [5.41, 5.74) is 0.632. The molecule has 1 aliphatic heterocycles. The van der Waals surface area contributed by atoms with Crippen LogP contribution in [0.15, 0.2) is 30.3 Å². The first-order chi connectivity index (χ1) is 8.53. The largest absolute Gasteiger partial charge is 0.337 e. The molecule has 18 heavy (non-hydrogen) atoms. The number of hydrogen-bond donors (Lipinski definition) is 1. The van der Waals surface area contributed by atoms with Crippen LogP contribution in [0.1, 0.15) is 26.3 Å². The highest BCUT2D eigenvalue weighted by Crippen LogP contribution is 2.26. The quantitative estimate of drug-likeness (QED) is 0.863. The van der Waals surface area contributed by atoms with E-state index in [2.05, 4.69) is 12.2 Å². The monoisotopic (exact) mass is 246 g/mol. The average Bonchev–Trinajstić information content (AvgIpc) is 2.39. The van der Waals surface area contributed by atoms with Crippen LogP contribution in [0.25, 0.3) is 0 Å². The molecule has 0 aliphatic carbocycles. The molecular weight excluding hydrogens is 224 g/mol. The van der Waals surface area contributed by atoms with Crippen LogP contribution in [-0.4, -0.2) is 36.5 Å². The highest BCUT2D eigenvalue weighted by Gasteiger charge is 2.36. The minimum Gasteiger partial charge on any atom is -0.337 e. The summed E-state index contributed by atoms with van der Waals surface area (Å²) in [5.74, 6) is 0.225. The van der Waals surface area contributed by atoms with Crippen molar-refractivity contribution >= 4 is 5.91 Å². The number of carbonyl (C=O) groups excluding carboxylic acids is 1. The summed E-state index contributed by atoms with van der Waals surface area (Å²) in [7, 11) is 0. The molecule has 1 heterocycles. The van der Waals surface area contributed by atoms with Gasteiger partial charge in [-0.15, -0.1) is 0 Å². The Hall–Kier alpha value is -1.35. The molecule has 1 saturated heterocycles. The molecule has 98 valence electrons. The SMILES string of the molecule is CC1CNCCN1C(=O)C(C)(C)c1ccccc1. The van der Waals surface area contributed by atoms with Gasteiger partial charge in [-0.2, -0.15) is 0 Å². The number of nitrogens with zero attached hydrogens (tertiary/aromatic N) is 1. The first-order valence-corrected chi connectivity index (χ1v) is 6.61. The number of nitrogens with one attached hydrogen (secondary N) is 1. The average molecular weight is 246 g/mol. The van der Waals surface area contributed by atoms with Crippen molar-refractivity contribution in [3.8, 4) is 0 Å². The molecule has 1 atom stereocenters. The zero-order valence-electron chi connectivity index (χ0n) is 11.4. The van der Waals surface area contributed by atoms with Crippen LogP contribution < -0.4 is 5.32 Å². The third-order valence-corrected chi connectivity index (χ3v) is 3.79. The van der Waals surface area contributed by atoms with E-state index in [0.717, 1.165) is 25.2 Å². The van der Waals surface area contributed by atoms with Gasteiger partial charge in [0.2, 0.25) is 5.91 Å². The van der Waals surface area contributed by atoms with Crippen molar-refractivity contribution in [3.05, 3.63) is 35.9 Å². The predicted octanol–water partition coefficient (Wildman–Crippen LogP) is 1.78. The van der Waals surface area contributed by atoms with Crippen molar-refractivity contribution in [1.82, 2.24) is 10.2 Å². The number of hydrogen-bond acceptors (Lipinski definition) is 2. The lowest BCUT2D eigenvalue weighted by atomic mass is 9.82. The van der Waals surface area contributed by atoms with E-state index < -0.39 is 5.41 Å². The fraction of sp³-hybridized carbons (Fsp3) is 0.533. The fourth-order valence-electron chi connectivity index (χ4n) is 2.48. The summed E-state index contributed by atoms with van der Waals surface area (Å²) < 4.78 is 0. The second kappa shape index (κ2) is 5.11. The van der Waals surface area contributed by atoms with Gasteiger partial charge in [0.15, 0.2) is 0 Å². The maximum absolute atomic E-state index is 12.7. The Balaban J connectivity index is 2.21. The summed E-state index contributed by atoms with van der Waals surface area (Å²) in [5, 5.41) is 3.32. The molecule has 3 heteroatoms. The lowest BCUT2D eigenvalue weighted by Gasteiger charge is -2.39. The van der Waals surface area contributed by atoms with Gasteiger partial charge in [0.05, 0.1) is 5.41 Å². The highest BCUT2D eigenvalue weighted by molar-refractivity contribution is 5.87. The second-order valence-corrected chi connectivity index (χ2v) is 5.54. The van der Waals surface area contributed by atoms with Crippen LogP contribution in [0.5, 0.6) is 0 Å². The van der Waals surface area contributed by atoms with Crippen molar-refractivity contribution in [3.63, 3.8) is 0 Å². The van der Waals surface area contributed by atoms with E-state index in [0.29, 0.717) is 0 Å². The van der Waals surface area contributed by atoms with E-state index in [-0.39, 0.29) is 11.9 Å². The molecule has 1 unspecified atom stereocenters. The van der Waals surface area contributed by atoms with Crippen molar-refractivity contribution in [1.29, 1.82) is 0 Å². The summed E-state index contributed by atoms with van der Waals surface area (Å²) in [6.07, 6.45) is 0. The van der Waals surface area contributed by atoms with Gasteiger partial charge in [0, 0.05) is 25.7 Å². The number of amides is 1. The second-order valence-electron chi connectivity index (χ2n) is 5.54. The zero-order valence-corrected chi connectivity index (χ0v) is 11.4. The van der Waals surface area contributed by atoms with E-state index in [1.54, 1.807) is 0 Å². The van der Waals surface area contributed by atoms with E-state index in [1.165, 1.54) is 0 Å². The smallest absolute Gasteiger partial charge is 0.232 e. The van der Waals surface area contributed by atoms with Crippen molar-refractivity contribution in [2.45, 2.75) is 32.2 Å². The van der Waals surface area contributed by atoms with E-state index >= 15 is 0 Å². The molecule has 3 nitrogen and oxygen atoms in total. The first kappa shape index (κ1) is 13.1. The van der Waals surface area contributed by atoms with Crippen LogP contribution in [-0.2, 0) is 10.2 Å². The standard InChI is InChI=1S/C15H22N2O/c1-12-11-16-9-10-17(12)14(18)15(2,3)13-7-5-4-6-8-13/h4-8,12,16H,9-11H2,1-3H3. The molecule has 1 aliphatic rings. The Morgan fingerprint density at radius 3 is 2.61 bits per heavy atom. The molecule has 1 aromatic carbocycles. The lowest BCUT2D eigenvalue weighted by Crippen LogP contribution is -2.56. The third kappa shape index (κ3) is 2.41. The van der Waals surface area contributed by atoms with Crippen LogP contribution in [0.4, 0.5) is 0 Å². The van der Waals surface area contributed by atoms with Crippen LogP contribution >= 0.6 is 0 Å². The summed E-state index contributed by atoms with van der Waals surface area (Å²) in [6.45, 7) is 8.71. The molecule has 2 rings (SSSR count). The fourth-order valence-corrected chi connectivity index (χ4v) is 2.48. The molecule has 1 N–H and O–H groups in total. The van der Waals surface area contributed by atoms with Crippen LogP contribution in [0.3, 0.4) is 0 Å². The molecule has 0 bridgehead atoms. The topological polar surface area (TPSA) is 32.3 Å². The highest BCUT2D eigenvalue weighted by atomic mass is 16.2. The molecule has 0 spiro atoms. The van der Waals surface area contributed by atoms with Crippen molar-refractivity contribution < 1.29 is 4.79 Å². The van der Waals surface area contributed by atoms with Crippen LogP contribution in [0, 0.1) is 0 Å². The molecule has 1 fully saturated rings. The molecule has 0 aromatic heterocycles. The Labute approximate surface area is 109 Å². The number of carbonyl (C=O) groups is 1. The van der Waals surface area contributed by atoms with Gasteiger partial charge in [-0.05, 0) is 26.3 Å². The molecule has 1 amide bonds. The Morgan fingerprint density at radius 1 is 1.33 bits per heavy atom. The summed E-state index contributed by atoms with van der Waals surface area (Å²) in [6, 6.07) is 10.3. The van der Waals surface area contributed by atoms with Crippen LogP contribution in [0.2, 0.25) is 0 Å². The molecule has 1 aromatic rings. The molecular formula is C15H22N2O. The molecule has 0 radical (unpaired) electrons. The van der Waals surface area contributed by atoms with Crippen molar-refractivity contribution in [2.24, 2.45) is 0 Å². The lowest BCUT2D eigenvalue weighted by molar-refractivity contribution is -0.139. The van der Waals surface area contributed by atoms with Gasteiger partial charge in [-0.25, -0.2) is 0 Å². The Kier molecular flexibility index (Phi) is 3.71. The third-order valence-electron chi connectivity index (χ3n) is 3.79. The summed E-state index contributed by atoms with van der Waals surface area (Å²) in [4.78, 5) is 14.7. The maximum Gasteiger partial charge on any atom is 0.232 e. The van der Waals surface area contributed by atoms with E-state index in [4.69, 9.17) is 0 Å². The van der Waals surface area contributed by atoms with Gasteiger partial charge in [-0.3, -0.25) is 4.79 Å². The molecule has 0 saturated carbocycles. The Morgan fingerprint density at radius 2 is 2.00 bits per heavy atom. The number of piperazine rings is 1. The van der Waals surface area contributed by atoms with Gasteiger partial charge in [0.25, 0.3) is 0 Å². The Bertz CT molecular complexity index is 414. The van der Waals surface area contributed by atoms with Crippen molar-refractivity contribution in [2.75, 3.05) is 19.6 Å². The number of benzene rings is 1. The minimum atomic E-state index is -0.452. The van der Waals surface area contributed by atoms with E-state index in [1.807, 2.05) is 49.1 Å². The van der Waals surface area contributed by atoms with Gasteiger partial charge < -0.3 is 10.2 Å². The van der Waals surface area contributed by atoms with Gasteiger partial charge in [0.1, 0.15) is 0 Å². The summed E-state index contributed by atoms with van der Waals surface area (Å²) >= 11 is 0. The normalized spacial score (nSPS) is 20.8. The van der Waals surface area contributed by atoms with E-state index in [9.17, 15) is 4.79 Å². The minimum absolute atomic E-state index is 0.225. The number of rotatable bonds is 2. The van der Waals surface area contributed by atoms with Gasteiger partial charge >= 0.3 is 0 Å². The predicted molar refractivity (Wildman–Crippen MR) is 73.5 cm³/mol. The van der Waals surface area contributed by atoms with Gasteiger partial charge in [-0.1, -0.05) is 30.3 Å². The first-order valence-electron chi connectivity index (χ1n) is 6.61.